The molecule has 0 unspecified atom stereocenters. The number of rotatable bonds is 6. The molecular formula is C15H16F2N2O4. The fourth-order valence-corrected chi connectivity index (χ4v) is 2.00. The summed E-state index contributed by atoms with van der Waals surface area (Å²) in [6.45, 7) is 0.303. The Morgan fingerprint density at radius 2 is 2.00 bits per heavy atom. The van der Waals surface area contributed by atoms with Crippen molar-refractivity contribution in [1.29, 1.82) is 0 Å². The molecule has 2 aromatic rings. The third-order valence-electron chi connectivity index (χ3n) is 3.06. The zero-order valence-electron chi connectivity index (χ0n) is 12.5. The van der Waals surface area contributed by atoms with Gasteiger partial charge in [0.25, 0.3) is 5.91 Å². The lowest BCUT2D eigenvalue weighted by atomic mass is 10.1. The second-order valence-corrected chi connectivity index (χ2v) is 4.82. The number of hydrogen-bond acceptors (Lipinski definition) is 5. The highest BCUT2D eigenvalue weighted by atomic mass is 19.3. The normalized spacial score (nSPS) is 12.3. The lowest BCUT2D eigenvalue weighted by Gasteiger charge is -2.12. The van der Waals surface area contributed by atoms with Crippen molar-refractivity contribution in [1.82, 2.24) is 10.3 Å². The molecule has 0 saturated carbocycles. The molecule has 0 aliphatic carbocycles. The van der Waals surface area contributed by atoms with Crippen LogP contribution in [0.25, 0.3) is 0 Å². The number of carbonyl (C=O) groups is 1. The molecule has 0 bridgehead atoms. The number of halogens is 2. The lowest BCUT2D eigenvalue weighted by molar-refractivity contribution is -0.0498. The van der Waals surface area contributed by atoms with E-state index in [0.717, 1.165) is 0 Å². The van der Waals surface area contributed by atoms with Gasteiger partial charge in [0.05, 0.1) is 11.8 Å². The molecule has 0 aliphatic rings. The first-order valence-electron chi connectivity index (χ1n) is 6.82. The summed E-state index contributed by atoms with van der Waals surface area (Å²) in [6.07, 6.45) is -0.996. The molecule has 1 aromatic heterocycles. The average Bonchev–Trinajstić information content (AvgIpc) is 2.83. The molecule has 2 rings (SSSR count). The van der Waals surface area contributed by atoms with Crippen LogP contribution in [0.2, 0.25) is 0 Å². The molecule has 0 aliphatic heterocycles. The van der Waals surface area contributed by atoms with Crippen molar-refractivity contribution in [2.45, 2.75) is 26.6 Å². The van der Waals surface area contributed by atoms with Crippen LogP contribution in [0.4, 0.5) is 8.78 Å². The van der Waals surface area contributed by atoms with Crippen molar-refractivity contribution in [3.8, 4) is 5.75 Å². The molecule has 2 N–H and O–H groups in total. The molecule has 1 aromatic carbocycles. The van der Waals surface area contributed by atoms with E-state index in [1.54, 1.807) is 13.8 Å². The molecule has 0 saturated heterocycles. The SMILES string of the molecule is Cc1nc(C)c(C(=O)NC[C@@H](O)c2ccc(OC(F)F)cc2)o1. The van der Waals surface area contributed by atoms with Gasteiger partial charge in [0.1, 0.15) is 5.75 Å². The monoisotopic (exact) mass is 326 g/mol. The second-order valence-electron chi connectivity index (χ2n) is 4.82. The fourth-order valence-electron chi connectivity index (χ4n) is 2.00. The molecule has 6 nitrogen and oxygen atoms in total. The maximum Gasteiger partial charge on any atom is 0.387 e. The molecule has 1 heterocycles. The van der Waals surface area contributed by atoms with Gasteiger partial charge in [-0.25, -0.2) is 4.98 Å². The molecule has 1 amide bonds. The third-order valence-corrected chi connectivity index (χ3v) is 3.06. The first kappa shape index (κ1) is 16.9. The number of amides is 1. The zero-order chi connectivity index (χ0) is 17.0. The van der Waals surface area contributed by atoms with Crippen molar-refractivity contribution in [2.24, 2.45) is 0 Å². The molecule has 0 spiro atoms. The first-order valence-corrected chi connectivity index (χ1v) is 6.82. The van der Waals surface area contributed by atoms with Gasteiger partial charge in [-0.15, -0.1) is 0 Å². The minimum Gasteiger partial charge on any atom is -0.436 e. The van der Waals surface area contributed by atoms with E-state index in [2.05, 4.69) is 15.0 Å². The van der Waals surface area contributed by atoms with Crippen LogP contribution in [0.1, 0.15) is 33.8 Å². The predicted octanol–water partition coefficient (Wildman–Crippen LogP) is 2.36. The zero-order valence-corrected chi connectivity index (χ0v) is 12.5. The van der Waals surface area contributed by atoms with Crippen LogP contribution in [0, 0.1) is 13.8 Å². The molecular weight excluding hydrogens is 310 g/mol. The van der Waals surface area contributed by atoms with Crippen LogP contribution < -0.4 is 10.1 Å². The van der Waals surface area contributed by atoms with E-state index in [1.165, 1.54) is 24.3 Å². The van der Waals surface area contributed by atoms with Crippen LogP contribution in [-0.2, 0) is 0 Å². The van der Waals surface area contributed by atoms with Crippen molar-refractivity contribution in [3.63, 3.8) is 0 Å². The van der Waals surface area contributed by atoms with E-state index < -0.39 is 18.6 Å². The third kappa shape index (κ3) is 4.49. The van der Waals surface area contributed by atoms with E-state index >= 15 is 0 Å². The lowest BCUT2D eigenvalue weighted by Crippen LogP contribution is -2.28. The number of alkyl halides is 2. The minimum atomic E-state index is -2.90. The Hall–Kier alpha value is -2.48. The number of ether oxygens (including phenoxy) is 1. The summed E-state index contributed by atoms with van der Waals surface area (Å²) < 4.78 is 33.5. The summed E-state index contributed by atoms with van der Waals surface area (Å²) in [6, 6.07) is 5.52. The average molecular weight is 326 g/mol. The number of aryl methyl sites for hydroxylation is 2. The number of aliphatic hydroxyl groups excluding tert-OH is 1. The van der Waals surface area contributed by atoms with Gasteiger partial charge in [0.15, 0.2) is 5.89 Å². The van der Waals surface area contributed by atoms with Crippen LogP contribution in [-0.4, -0.2) is 29.2 Å². The Kier molecular flexibility index (Phi) is 5.28. The topological polar surface area (TPSA) is 84.6 Å². The summed E-state index contributed by atoms with van der Waals surface area (Å²) in [7, 11) is 0. The molecule has 1 atom stereocenters. The number of aromatic nitrogens is 1. The largest absolute Gasteiger partial charge is 0.436 e. The molecule has 23 heavy (non-hydrogen) atoms. The van der Waals surface area contributed by atoms with Crippen LogP contribution in [0.5, 0.6) is 5.75 Å². The Labute approximate surface area is 131 Å². The van der Waals surface area contributed by atoms with Gasteiger partial charge >= 0.3 is 6.61 Å². The molecule has 0 radical (unpaired) electrons. The first-order chi connectivity index (χ1) is 10.9. The maximum absolute atomic E-state index is 12.1. The number of benzene rings is 1. The Bertz CT molecular complexity index is 671. The number of carbonyl (C=O) groups excluding carboxylic acids is 1. The fraction of sp³-hybridized carbons (Fsp3) is 0.333. The predicted molar refractivity (Wildman–Crippen MR) is 76.3 cm³/mol. The smallest absolute Gasteiger partial charge is 0.387 e. The quantitative estimate of drug-likeness (QED) is 0.851. The van der Waals surface area contributed by atoms with Crippen LogP contribution in [0.15, 0.2) is 28.7 Å². The highest BCUT2D eigenvalue weighted by Crippen LogP contribution is 2.19. The van der Waals surface area contributed by atoms with Crippen molar-refractivity contribution in [2.75, 3.05) is 6.54 Å². The van der Waals surface area contributed by atoms with E-state index in [9.17, 15) is 18.7 Å². The summed E-state index contributed by atoms with van der Waals surface area (Å²) in [5.41, 5.74) is 0.917. The minimum absolute atomic E-state index is 0.00672. The highest BCUT2D eigenvalue weighted by Gasteiger charge is 2.17. The molecule has 0 fully saturated rings. The maximum atomic E-state index is 12.1. The number of oxazole rings is 1. The number of nitrogens with one attached hydrogen (secondary N) is 1. The Morgan fingerprint density at radius 3 is 2.52 bits per heavy atom. The van der Waals surface area contributed by atoms with Gasteiger partial charge in [0, 0.05) is 13.5 Å². The van der Waals surface area contributed by atoms with E-state index in [0.29, 0.717) is 17.1 Å². The van der Waals surface area contributed by atoms with Crippen molar-refractivity contribution >= 4 is 5.91 Å². The van der Waals surface area contributed by atoms with Crippen LogP contribution >= 0.6 is 0 Å². The van der Waals surface area contributed by atoms with Crippen molar-refractivity contribution < 1.29 is 27.8 Å². The summed E-state index contributed by atoms with van der Waals surface area (Å²) in [5, 5.41) is 12.5. The Morgan fingerprint density at radius 1 is 1.35 bits per heavy atom. The second kappa shape index (κ2) is 7.19. The summed E-state index contributed by atoms with van der Waals surface area (Å²) in [5.74, 6) is -0.0225. The molecule has 124 valence electrons. The van der Waals surface area contributed by atoms with Gasteiger partial charge in [0.2, 0.25) is 5.76 Å². The van der Waals surface area contributed by atoms with E-state index in [1.807, 2.05) is 0 Å². The highest BCUT2D eigenvalue weighted by molar-refractivity contribution is 5.92. The van der Waals surface area contributed by atoms with E-state index in [-0.39, 0.29) is 18.1 Å². The van der Waals surface area contributed by atoms with Gasteiger partial charge in [-0.3, -0.25) is 4.79 Å². The number of hydrogen-bond donors (Lipinski definition) is 2. The molecule has 8 heteroatoms. The van der Waals surface area contributed by atoms with Gasteiger partial charge in [-0.05, 0) is 24.6 Å². The summed E-state index contributed by atoms with van der Waals surface area (Å²) in [4.78, 5) is 15.9. The number of aliphatic hydroxyl groups is 1. The van der Waals surface area contributed by atoms with Crippen molar-refractivity contribution in [3.05, 3.63) is 47.2 Å². The van der Waals surface area contributed by atoms with Gasteiger partial charge < -0.3 is 19.6 Å². The number of nitrogens with zero attached hydrogens (tertiary/aromatic N) is 1. The van der Waals surface area contributed by atoms with Gasteiger partial charge in [-0.1, -0.05) is 12.1 Å². The Balaban J connectivity index is 1.92. The van der Waals surface area contributed by atoms with Crippen LogP contribution in [0.3, 0.4) is 0 Å². The van der Waals surface area contributed by atoms with Gasteiger partial charge in [-0.2, -0.15) is 8.78 Å². The van der Waals surface area contributed by atoms with E-state index in [4.69, 9.17) is 4.42 Å². The summed E-state index contributed by atoms with van der Waals surface area (Å²) >= 11 is 0. The standard InChI is InChI=1S/C15H16F2N2O4/c1-8-13(22-9(2)19-8)14(21)18-7-12(20)10-3-5-11(6-4-10)23-15(16)17/h3-6,12,15,20H,7H2,1-2H3,(H,18,21)/t12-/m1/s1.